The lowest BCUT2D eigenvalue weighted by molar-refractivity contribution is 0.168. The molecule has 1 aliphatic heterocycles. The third kappa shape index (κ3) is 4.17. The Kier molecular flexibility index (Phi) is 5.75. The maximum Gasteiger partial charge on any atom is 0.323 e. The Balaban J connectivity index is 2.03. The zero-order valence-corrected chi connectivity index (χ0v) is 11.8. The van der Waals surface area contributed by atoms with Crippen LogP contribution in [0, 0.1) is 0 Å². The van der Waals surface area contributed by atoms with E-state index in [2.05, 4.69) is 25.3 Å². The number of anilines is 2. The van der Waals surface area contributed by atoms with Crippen molar-refractivity contribution in [2.75, 3.05) is 43.7 Å². The molecule has 0 unspecified atom stereocenters. The lowest BCUT2D eigenvalue weighted by Gasteiger charge is -2.26. The van der Waals surface area contributed by atoms with Crippen LogP contribution < -0.4 is 20.9 Å². The molecule has 0 bridgehead atoms. The molecule has 3 N–H and O–H groups in total. The first kappa shape index (κ1) is 14.7. The number of methoxy groups -OCH3 is 1. The lowest BCUT2D eigenvalue weighted by Crippen LogP contribution is -2.31. The van der Waals surface area contributed by atoms with Gasteiger partial charge in [-0.25, -0.2) is 5.84 Å². The van der Waals surface area contributed by atoms with E-state index < -0.39 is 0 Å². The van der Waals surface area contributed by atoms with Gasteiger partial charge in [0.2, 0.25) is 11.9 Å². The Hall–Kier alpha value is -1.67. The van der Waals surface area contributed by atoms with Crippen LogP contribution in [0.2, 0.25) is 0 Å². The SMILES string of the molecule is COCCCOc1nc(NN)nc(N2CCCCC2)n1. The van der Waals surface area contributed by atoms with E-state index in [4.69, 9.17) is 15.3 Å². The molecule has 0 amide bonds. The van der Waals surface area contributed by atoms with Crippen molar-refractivity contribution in [2.45, 2.75) is 25.7 Å². The number of hydrogen-bond acceptors (Lipinski definition) is 8. The number of nitrogens with two attached hydrogens (primary N) is 1. The number of aromatic nitrogens is 3. The van der Waals surface area contributed by atoms with Gasteiger partial charge in [0.1, 0.15) is 0 Å². The maximum atomic E-state index is 5.52. The Bertz CT molecular complexity index is 411. The highest BCUT2D eigenvalue weighted by molar-refractivity contribution is 5.37. The van der Waals surface area contributed by atoms with Crippen molar-refractivity contribution in [3.05, 3.63) is 0 Å². The molecule has 0 atom stereocenters. The second-order valence-electron chi connectivity index (χ2n) is 4.63. The van der Waals surface area contributed by atoms with Gasteiger partial charge in [-0.15, -0.1) is 0 Å². The minimum Gasteiger partial charge on any atom is -0.463 e. The predicted molar refractivity (Wildman–Crippen MR) is 75.7 cm³/mol. The molecule has 0 spiro atoms. The zero-order chi connectivity index (χ0) is 14.2. The van der Waals surface area contributed by atoms with Crippen molar-refractivity contribution in [3.63, 3.8) is 0 Å². The standard InChI is InChI=1S/C12H22N6O2/c1-19-8-5-9-20-12-15-10(17-13)14-11(16-12)18-6-3-2-4-7-18/h2-9,13H2,1H3,(H,14,15,16,17). The average Bonchev–Trinajstić information content (AvgIpc) is 2.52. The average molecular weight is 282 g/mol. The maximum absolute atomic E-state index is 5.52. The van der Waals surface area contributed by atoms with E-state index in [-0.39, 0.29) is 0 Å². The van der Waals surface area contributed by atoms with E-state index in [0.717, 1.165) is 32.4 Å². The van der Waals surface area contributed by atoms with Crippen LogP contribution in [0.4, 0.5) is 11.9 Å². The number of nitrogens with zero attached hydrogens (tertiary/aromatic N) is 4. The fourth-order valence-electron chi connectivity index (χ4n) is 2.08. The van der Waals surface area contributed by atoms with Crippen LogP contribution in [0.5, 0.6) is 6.01 Å². The van der Waals surface area contributed by atoms with Gasteiger partial charge in [-0.3, -0.25) is 5.43 Å². The Morgan fingerprint density at radius 2 is 1.95 bits per heavy atom. The summed E-state index contributed by atoms with van der Waals surface area (Å²) in [6, 6.07) is 0.296. The molecule has 1 aromatic heterocycles. The number of hydrazine groups is 1. The molecule has 0 saturated carbocycles. The number of piperidine rings is 1. The summed E-state index contributed by atoms with van der Waals surface area (Å²) in [5.41, 5.74) is 2.45. The van der Waals surface area contributed by atoms with Crippen molar-refractivity contribution in [2.24, 2.45) is 5.84 Å². The number of ether oxygens (including phenoxy) is 2. The minimum absolute atomic E-state index is 0.296. The molecule has 112 valence electrons. The first-order valence-corrected chi connectivity index (χ1v) is 6.93. The summed E-state index contributed by atoms with van der Waals surface area (Å²) in [4.78, 5) is 14.9. The van der Waals surface area contributed by atoms with Crippen LogP contribution in [0.3, 0.4) is 0 Å². The highest BCUT2D eigenvalue weighted by atomic mass is 16.5. The van der Waals surface area contributed by atoms with E-state index in [1.54, 1.807) is 7.11 Å². The molecule has 2 heterocycles. The number of nitrogens with one attached hydrogen (secondary N) is 1. The lowest BCUT2D eigenvalue weighted by atomic mass is 10.1. The molecular weight excluding hydrogens is 260 g/mol. The van der Waals surface area contributed by atoms with Gasteiger partial charge in [-0.1, -0.05) is 0 Å². The molecule has 0 aromatic carbocycles. The molecule has 1 fully saturated rings. The van der Waals surface area contributed by atoms with Crippen molar-refractivity contribution >= 4 is 11.9 Å². The Morgan fingerprint density at radius 1 is 1.15 bits per heavy atom. The predicted octanol–water partition coefficient (Wildman–Crippen LogP) is 0.563. The molecule has 1 saturated heterocycles. The van der Waals surface area contributed by atoms with Crippen LogP contribution in [-0.2, 0) is 4.74 Å². The number of hydrogen-bond donors (Lipinski definition) is 2. The number of nitrogen functional groups attached to an aromatic ring is 1. The van der Waals surface area contributed by atoms with Gasteiger partial charge in [0.15, 0.2) is 0 Å². The summed E-state index contributed by atoms with van der Waals surface area (Å²) in [6.07, 6.45) is 4.35. The van der Waals surface area contributed by atoms with Crippen LogP contribution in [-0.4, -0.2) is 48.4 Å². The zero-order valence-electron chi connectivity index (χ0n) is 11.8. The van der Waals surface area contributed by atoms with E-state index in [1.807, 2.05) is 0 Å². The van der Waals surface area contributed by atoms with Gasteiger partial charge in [0.25, 0.3) is 0 Å². The summed E-state index contributed by atoms with van der Waals surface area (Å²) >= 11 is 0. The molecule has 0 radical (unpaired) electrons. The molecular formula is C12H22N6O2. The van der Waals surface area contributed by atoms with E-state index in [1.165, 1.54) is 6.42 Å². The largest absolute Gasteiger partial charge is 0.463 e. The summed E-state index contributed by atoms with van der Waals surface area (Å²) in [7, 11) is 1.66. The first-order valence-electron chi connectivity index (χ1n) is 6.93. The molecule has 1 aromatic rings. The molecule has 1 aliphatic rings. The van der Waals surface area contributed by atoms with Gasteiger partial charge in [-0.05, 0) is 19.3 Å². The van der Waals surface area contributed by atoms with Gasteiger partial charge in [0.05, 0.1) is 6.61 Å². The second-order valence-corrected chi connectivity index (χ2v) is 4.63. The number of rotatable bonds is 7. The molecule has 0 aliphatic carbocycles. The highest BCUT2D eigenvalue weighted by Crippen LogP contribution is 2.19. The monoisotopic (exact) mass is 282 g/mol. The van der Waals surface area contributed by atoms with Crippen molar-refractivity contribution in [1.82, 2.24) is 15.0 Å². The van der Waals surface area contributed by atoms with Gasteiger partial charge < -0.3 is 14.4 Å². The van der Waals surface area contributed by atoms with Crippen molar-refractivity contribution < 1.29 is 9.47 Å². The minimum atomic E-state index is 0.296. The van der Waals surface area contributed by atoms with Crippen molar-refractivity contribution in [1.29, 1.82) is 0 Å². The van der Waals surface area contributed by atoms with Gasteiger partial charge in [0, 0.05) is 33.2 Å². The van der Waals surface area contributed by atoms with Crippen LogP contribution in [0.25, 0.3) is 0 Å². The fourth-order valence-corrected chi connectivity index (χ4v) is 2.08. The summed E-state index contributed by atoms with van der Waals surface area (Å²) < 4.78 is 10.5. The quantitative estimate of drug-likeness (QED) is 0.425. The second kappa shape index (κ2) is 7.81. The molecule has 2 rings (SSSR count). The van der Waals surface area contributed by atoms with Crippen LogP contribution in [0.1, 0.15) is 25.7 Å². The first-order chi connectivity index (χ1) is 9.83. The van der Waals surface area contributed by atoms with E-state index in [9.17, 15) is 0 Å². The topological polar surface area (TPSA) is 98.4 Å². The smallest absolute Gasteiger partial charge is 0.323 e. The molecule has 8 nitrogen and oxygen atoms in total. The van der Waals surface area contributed by atoms with Crippen LogP contribution in [0.15, 0.2) is 0 Å². The summed E-state index contributed by atoms with van der Waals surface area (Å²) in [5, 5.41) is 0. The van der Waals surface area contributed by atoms with E-state index >= 15 is 0 Å². The third-order valence-electron chi connectivity index (χ3n) is 3.10. The van der Waals surface area contributed by atoms with E-state index in [0.29, 0.717) is 31.1 Å². The summed E-state index contributed by atoms with van der Waals surface area (Å²) in [5.74, 6) is 6.34. The Labute approximate surface area is 118 Å². The summed E-state index contributed by atoms with van der Waals surface area (Å²) in [6.45, 7) is 3.06. The Morgan fingerprint density at radius 3 is 2.65 bits per heavy atom. The molecule has 20 heavy (non-hydrogen) atoms. The van der Waals surface area contributed by atoms with Crippen LogP contribution >= 0.6 is 0 Å². The normalized spacial score (nSPS) is 15.2. The third-order valence-corrected chi connectivity index (χ3v) is 3.10. The van der Waals surface area contributed by atoms with Crippen molar-refractivity contribution in [3.8, 4) is 6.01 Å². The van der Waals surface area contributed by atoms with Gasteiger partial charge >= 0.3 is 6.01 Å². The highest BCUT2D eigenvalue weighted by Gasteiger charge is 2.16. The fraction of sp³-hybridized carbons (Fsp3) is 0.750. The van der Waals surface area contributed by atoms with Gasteiger partial charge in [-0.2, -0.15) is 15.0 Å². The molecule has 8 heteroatoms.